The number of aliphatic hydroxyl groups is 1. The maximum atomic E-state index is 14.6. The lowest BCUT2D eigenvalue weighted by Gasteiger charge is -2.39. The number of aliphatic imine (C=N–C) groups is 1. The number of carboxylic acid groups (broad SMARTS) is 1. The van der Waals surface area contributed by atoms with Crippen LogP contribution in [0.25, 0.3) is 0 Å². The van der Waals surface area contributed by atoms with Crippen LogP contribution in [0.5, 0.6) is 5.75 Å². The minimum absolute atomic E-state index is 0.0604. The standard InChI is InChI=1S/C35H43F3N2O6/c1-19-7-10-26-28(40(19)34(42)20(2)45-3)11-8-22-17-24(16-21-5-4-6-23(15-21)35(43)44)32(39-31(22)26)33(41)27-18-25(36)9-12-29(27)46-14-13-30(37)38/h8-9,11-12,18-21,23-24,30,33,41H,4-7,10,13-17H2,1-3H3,(H,43,44)/t19-,20+,21+,23+,24?,33+/m0/s1. The van der Waals surface area contributed by atoms with Gasteiger partial charge in [0.2, 0.25) is 6.43 Å². The summed E-state index contributed by atoms with van der Waals surface area (Å²) in [4.78, 5) is 32.0. The average molecular weight is 645 g/mol. The predicted octanol–water partition coefficient (Wildman–Crippen LogP) is 6.82. The van der Waals surface area contributed by atoms with Crippen molar-refractivity contribution in [3.8, 4) is 5.75 Å². The minimum Gasteiger partial charge on any atom is -0.493 e. The first kappa shape index (κ1) is 33.9. The molecule has 6 atom stereocenters. The van der Waals surface area contributed by atoms with Crippen LogP contribution in [0.15, 0.2) is 35.3 Å². The molecule has 1 amide bonds. The summed E-state index contributed by atoms with van der Waals surface area (Å²) in [5.74, 6) is -2.11. The lowest BCUT2D eigenvalue weighted by Crippen LogP contribution is -2.47. The Hall–Kier alpha value is -3.44. The van der Waals surface area contributed by atoms with E-state index in [2.05, 4.69) is 0 Å². The van der Waals surface area contributed by atoms with Crippen molar-refractivity contribution >= 4 is 29.0 Å². The number of benzene rings is 2. The molecule has 1 fully saturated rings. The van der Waals surface area contributed by atoms with E-state index in [4.69, 9.17) is 14.5 Å². The second-order valence-corrected chi connectivity index (χ2v) is 12.9. The van der Waals surface area contributed by atoms with Crippen LogP contribution in [0, 0.1) is 23.6 Å². The summed E-state index contributed by atoms with van der Waals surface area (Å²) < 4.78 is 51.3. The molecule has 2 N–H and O–H groups in total. The van der Waals surface area contributed by atoms with Crippen molar-refractivity contribution in [1.82, 2.24) is 0 Å². The van der Waals surface area contributed by atoms with Gasteiger partial charge in [0.25, 0.3) is 5.91 Å². The highest BCUT2D eigenvalue weighted by Crippen LogP contribution is 2.46. The molecule has 1 saturated carbocycles. The quantitative estimate of drug-likeness (QED) is 0.278. The van der Waals surface area contributed by atoms with Gasteiger partial charge in [0.05, 0.1) is 23.9 Å². The SMILES string of the molecule is CO[C@H](C)C(=O)N1c2ccc3c(c2CC[C@@H]1C)N=C([C@H](O)c1cc(F)ccc1OCCC(F)F)C(C[C@@H]1CCC[C@@H](C(=O)O)C1)C3. The maximum absolute atomic E-state index is 14.6. The summed E-state index contributed by atoms with van der Waals surface area (Å²) in [5, 5.41) is 21.6. The molecule has 250 valence electrons. The smallest absolute Gasteiger partial charge is 0.306 e. The Kier molecular flexibility index (Phi) is 10.7. The number of alkyl halides is 2. The Bertz CT molecular complexity index is 1470. The van der Waals surface area contributed by atoms with E-state index in [1.54, 1.807) is 11.8 Å². The molecule has 2 heterocycles. The van der Waals surface area contributed by atoms with Crippen LogP contribution in [0.1, 0.15) is 81.6 Å². The molecular formula is C35H43F3N2O6. The number of nitrogens with zero attached hydrogens (tertiary/aromatic N) is 2. The zero-order chi connectivity index (χ0) is 33.1. The predicted molar refractivity (Wildman–Crippen MR) is 168 cm³/mol. The van der Waals surface area contributed by atoms with Crippen LogP contribution in [-0.4, -0.2) is 60.1 Å². The molecular weight excluding hydrogens is 601 g/mol. The summed E-state index contributed by atoms with van der Waals surface area (Å²) >= 11 is 0. The van der Waals surface area contributed by atoms with Gasteiger partial charge in [0.1, 0.15) is 23.8 Å². The molecule has 2 aliphatic heterocycles. The molecule has 2 aromatic carbocycles. The fourth-order valence-electron chi connectivity index (χ4n) is 7.30. The van der Waals surface area contributed by atoms with E-state index in [1.807, 2.05) is 19.1 Å². The fourth-order valence-corrected chi connectivity index (χ4v) is 7.30. The van der Waals surface area contributed by atoms with Crippen LogP contribution < -0.4 is 9.64 Å². The Morgan fingerprint density at radius 3 is 2.65 bits per heavy atom. The van der Waals surface area contributed by atoms with Crippen molar-refractivity contribution in [3.05, 3.63) is 52.8 Å². The van der Waals surface area contributed by atoms with Crippen LogP contribution in [-0.2, 0) is 27.2 Å². The van der Waals surface area contributed by atoms with Gasteiger partial charge in [-0.3, -0.25) is 14.6 Å². The minimum atomic E-state index is -2.57. The monoisotopic (exact) mass is 644 g/mol. The molecule has 46 heavy (non-hydrogen) atoms. The number of anilines is 1. The molecule has 8 nitrogen and oxygen atoms in total. The number of carbonyl (C=O) groups is 2. The van der Waals surface area contributed by atoms with Gasteiger partial charge in [-0.1, -0.05) is 18.9 Å². The number of ether oxygens (including phenoxy) is 2. The first-order valence-electron chi connectivity index (χ1n) is 16.2. The van der Waals surface area contributed by atoms with Crippen LogP contribution in [0.2, 0.25) is 0 Å². The second kappa shape index (κ2) is 14.5. The zero-order valence-corrected chi connectivity index (χ0v) is 26.6. The highest BCUT2D eigenvalue weighted by atomic mass is 19.3. The zero-order valence-electron chi connectivity index (χ0n) is 26.6. The van der Waals surface area contributed by atoms with Crippen LogP contribution >= 0.6 is 0 Å². The summed E-state index contributed by atoms with van der Waals surface area (Å²) in [6.45, 7) is 3.39. The molecule has 3 aliphatic rings. The molecule has 0 spiro atoms. The normalized spacial score (nSPS) is 24.1. The molecule has 1 aliphatic carbocycles. The third-order valence-electron chi connectivity index (χ3n) is 9.81. The third kappa shape index (κ3) is 7.25. The molecule has 2 aromatic rings. The van der Waals surface area contributed by atoms with Crippen LogP contribution in [0.3, 0.4) is 0 Å². The van der Waals surface area contributed by atoms with E-state index in [0.29, 0.717) is 49.9 Å². The summed E-state index contributed by atoms with van der Waals surface area (Å²) in [6, 6.07) is 7.48. The van der Waals surface area contributed by atoms with Crippen molar-refractivity contribution in [2.24, 2.45) is 22.7 Å². The molecule has 0 bridgehead atoms. The van der Waals surface area contributed by atoms with Crippen LogP contribution in [0.4, 0.5) is 24.5 Å². The lowest BCUT2D eigenvalue weighted by atomic mass is 9.73. The van der Waals surface area contributed by atoms with Gasteiger partial charge in [0.15, 0.2) is 0 Å². The highest BCUT2D eigenvalue weighted by molar-refractivity contribution is 6.01. The average Bonchev–Trinajstić information content (AvgIpc) is 3.03. The number of methoxy groups -OCH3 is 1. The maximum Gasteiger partial charge on any atom is 0.306 e. The number of carbonyl (C=O) groups excluding carboxylic acids is 1. The molecule has 0 saturated heterocycles. The van der Waals surface area contributed by atoms with E-state index in [-0.39, 0.29) is 41.7 Å². The molecule has 0 radical (unpaired) electrons. The lowest BCUT2D eigenvalue weighted by molar-refractivity contribution is -0.143. The van der Waals surface area contributed by atoms with E-state index in [0.717, 1.165) is 41.8 Å². The topological polar surface area (TPSA) is 109 Å². The number of amides is 1. The van der Waals surface area contributed by atoms with Gasteiger partial charge >= 0.3 is 5.97 Å². The Morgan fingerprint density at radius 1 is 1.15 bits per heavy atom. The van der Waals surface area contributed by atoms with Gasteiger partial charge < -0.3 is 24.6 Å². The number of rotatable bonds is 11. The van der Waals surface area contributed by atoms with E-state index in [9.17, 15) is 33.0 Å². The first-order valence-corrected chi connectivity index (χ1v) is 16.2. The number of hydrogen-bond donors (Lipinski definition) is 2. The van der Waals surface area contributed by atoms with Crippen molar-refractivity contribution in [1.29, 1.82) is 0 Å². The third-order valence-corrected chi connectivity index (χ3v) is 9.81. The largest absolute Gasteiger partial charge is 0.493 e. The number of aliphatic hydroxyl groups excluding tert-OH is 1. The van der Waals surface area contributed by atoms with E-state index >= 15 is 0 Å². The van der Waals surface area contributed by atoms with Gasteiger partial charge in [-0.2, -0.15) is 0 Å². The molecule has 0 aromatic heterocycles. The van der Waals surface area contributed by atoms with Gasteiger partial charge in [0, 0.05) is 42.3 Å². The van der Waals surface area contributed by atoms with E-state index in [1.165, 1.54) is 13.2 Å². The number of halogens is 3. The Labute approximate surface area is 267 Å². The van der Waals surface area contributed by atoms with Crippen molar-refractivity contribution in [2.75, 3.05) is 18.6 Å². The van der Waals surface area contributed by atoms with Gasteiger partial charge in [-0.05, 0) is 88.1 Å². The fraction of sp³-hybridized carbons (Fsp3) is 0.571. The number of aliphatic carboxylic acids is 1. The van der Waals surface area contributed by atoms with Crippen molar-refractivity contribution in [3.63, 3.8) is 0 Å². The number of carboxylic acids is 1. The first-order chi connectivity index (χ1) is 22.0. The summed E-state index contributed by atoms with van der Waals surface area (Å²) in [5.41, 5.74) is 3.73. The van der Waals surface area contributed by atoms with Gasteiger partial charge in [-0.15, -0.1) is 0 Å². The van der Waals surface area contributed by atoms with E-state index < -0.39 is 42.8 Å². The summed E-state index contributed by atoms with van der Waals surface area (Å²) in [7, 11) is 1.49. The molecule has 5 rings (SSSR count). The summed E-state index contributed by atoms with van der Waals surface area (Å²) in [6.07, 6.45) is 0.134. The van der Waals surface area contributed by atoms with Crippen molar-refractivity contribution < 1.29 is 42.4 Å². The Balaban J connectivity index is 1.56. The number of fused-ring (bicyclic) bond motifs is 3. The molecule has 11 heteroatoms. The van der Waals surface area contributed by atoms with Crippen molar-refractivity contribution in [2.45, 2.75) is 96.3 Å². The highest BCUT2D eigenvalue weighted by Gasteiger charge is 2.38. The molecule has 1 unspecified atom stereocenters. The second-order valence-electron chi connectivity index (χ2n) is 12.9. The number of hydrogen-bond acceptors (Lipinski definition) is 6. The van der Waals surface area contributed by atoms with Gasteiger partial charge in [-0.25, -0.2) is 13.2 Å². The Morgan fingerprint density at radius 2 is 1.93 bits per heavy atom.